The van der Waals surface area contributed by atoms with Crippen molar-refractivity contribution in [1.82, 2.24) is 15.0 Å². The molecule has 2 aromatic rings. The van der Waals surface area contributed by atoms with E-state index in [1.807, 2.05) is 38.3 Å². The van der Waals surface area contributed by atoms with Gasteiger partial charge in [0.15, 0.2) is 0 Å². The Kier molecular flexibility index (Phi) is 3.90. The molecule has 1 aliphatic heterocycles. The van der Waals surface area contributed by atoms with E-state index in [4.69, 9.17) is 21.9 Å². The third-order valence-corrected chi connectivity index (χ3v) is 3.90. The van der Waals surface area contributed by atoms with Gasteiger partial charge in [0.05, 0.1) is 29.5 Å². The number of pyridine rings is 1. The Morgan fingerprint density at radius 2 is 2.23 bits per heavy atom. The van der Waals surface area contributed by atoms with Gasteiger partial charge in [-0.25, -0.2) is 0 Å². The van der Waals surface area contributed by atoms with E-state index in [9.17, 15) is 0 Å². The van der Waals surface area contributed by atoms with Crippen LogP contribution in [0.1, 0.15) is 22.7 Å². The second-order valence-corrected chi connectivity index (χ2v) is 5.75. The Morgan fingerprint density at radius 3 is 2.91 bits per heavy atom. The maximum absolute atomic E-state index is 6.19. The molecule has 5 nitrogen and oxygen atoms in total. The monoisotopic (exact) mass is 316 g/mol. The molecule has 0 atom stereocenters. The van der Waals surface area contributed by atoms with Gasteiger partial charge in [0.1, 0.15) is 5.76 Å². The smallest absolute Gasteiger partial charge is 0.141 e. The zero-order valence-corrected chi connectivity index (χ0v) is 13.3. The van der Waals surface area contributed by atoms with Crippen LogP contribution in [0.3, 0.4) is 0 Å². The summed E-state index contributed by atoms with van der Waals surface area (Å²) in [5.74, 6) is 0.783. The van der Waals surface area contributed by atoms with E-state index in [-0.39, 0.29) is 0 Å². The summed E-state index contributed by atoms with van der Waals surface area (Å²) < 4.78 is 5.24. The summed E-state index contributed by atoms with van der Waals surface area (Å²) >= 11 is 6.19. The fraction of sp³-hybridized carbons (Fsp3) is 0.250. The van der Waals surface area contributed by atoms with Gasteiger partial charge in [-0.3, -0.25) is 4.98 Å². The maximum atomic E-state index is 6.19. The molecule has 0 aliphatic carbocycles. The van der Waals surface area contributed by atoms with Crippen molar-refractivity contribution in [3.8, 4) is 0 Å². The van der Waals surface area contributed by atoms with Crippen LogP contribution in [-0.4, -0.2) is 21.6 Å². The second-order valence-electron chi connectivity index (χ2n) is 5.34. The van der Waals surface area contributed by atoms with Gasteiger partial charge in [0.25, 0.3) is 0 Å². The molecule has 6 heteroatoms. The Hall–Kier alpha value is -2.27. The van der Waals surface area contributed by atoms with Crippen LogP contribution >= 0.6 is 11.6 Å². The van der Waals surface area contributed by atoms with Gasteiger partial charge < -0.3 is 15.2 Å². The van der Waals surface area contributed by atoms with Crippen molar-refractivity contribution in [1.29, 1.82) is 0 Å². The van der Waals surface area contributed by atoms with Crippen molar-refractivity contribution in [3.05, 3.63) is 64.0 Å². The first-order valence-electron chi connectivity index (χ1n) is 6.99. The largest absolute Gasteiger partial charge is 0.401 e. The van der Waals surface area contributed by atoms with Gasteiger partial charge in [-0.15, -0.1) is 0 Å². The molecular weight excluding hydrogens is 300 g/mol. The van der Waals surface area contributed by atoms with Gasteiger partial charge in [-0.2, -0.15) is 0 Å². The van der Waals surface area contributed by atoms with Crippen molar-refractivity contribution < 1.29 is 4.52 Å². The number of hydrogen-bond acceptors (Lipinski definition) is 5. The molecular formula is C16H17ClN4O. The fourth-order valence-corrected chi connectivity index (χ4v) is 2.80. The summed E-state index contributed by atoms with van der Waals surface area (Å²) in [6, 6.07) is 3.66. The molecule has 0 amide bonds. The molecule has 22 heavy (non-hydrogen) atoms. The third kappa shape index (κ3) is 2.85. The quantitative estimate of drug-likeness (QED) is 0.942. The molecule has 0 spiro atoms. The van der Waals surface area contributed by atoms with Crippen LogP contribution in [-0.2, 0) is 6.54 Å². The Labute approximate surface area is 134 Å². The highest BCUT2D eigenvalue weighted by Crippen LogP contribution is 2.28. The van der Waals surface area contributed by atoms with Crippen molar-refractivity contribution >= 4 is 17.2 Å². The van der Waals surface area contributed by atoms with E-state index in [0.717, 1.165) is 34.0 Å². The van der Waals surface area contributed by atoms with Gasteiger partial charge in [0, 0.05) is 29.2 Å². The Morgan fingerprint density at radius 1 is 1.41 bits per heavy atom. The number of halogens is 1. The molecule has 0 fully saturated rings. The predicted molar refractivity (Wildman–Crippen MR) is 85.9 cm³/mol. The molecule has 0 unspecified atom stereocenters. The third-order valence-electron chi connectivity index (χ3n) is 3.56. The van der Waals surface area contributed by atoms with Crippen LogP contribution in [0.4, 0.5) is 0 Å². The molecule has 3 heterocycles. The minimum atomic E-state index is 0.598. The van der Waals surface area contributed by atoms with Crippen LogP contribution in [0.15, 0.2) is 40.8 Å². The Bertz CT molecular complexity index is 744. The van der Waals surface area contributed by atoms with E-state index >= 15 is 0 Å². The molecule has 1 aliphatic rings. The molecule has 3 rings (SSSR count). The molecule has 0 saturated heterocycles. The van der Waals surface area contributed by atoms with Crippen LogP contribution in [0.5, 0.6) is 0 Å². The zero-order chi connectivity index (χ0) is 15.7. The number of rotatable bonds is 3. The van der Waals surface area contributed by atoms with Gasteiger partial charge in [-0.05, 0) is 32.1 Å². The summed E-state index contributed by atoms with van der Waals surface area (Å²) in [4.78, 5) is 6.41. The summed E-state index contributed by atoms with van der Waals surface area (Å²) in [7, 11) is 0. The van der Waals surface area contributed by atoms with Crippen molar-refractivity contribution in [3.63, 3.8) is 0 Å². The number of nitrogens with zero attached hydrogens (tertiary/aromatic N) is 3. The van der Waals surface area contributed by atoms with Crippen molar-refractivity contribution in [2.45, 2.75) is 20.4 Å². The molecule has 0 aromatic carbocycles. The van der Waals surface area contributed by atoms with Gasteiger partial charge in [0.2, 0.25) is 0 Å². The number of nitrogens with two attached hydrogens (primary N) is 1. The standard InChI is InChI=1S/C16H17ClN4O/c1-10-16(11(2)22-20-10)12-6-13(18)8-21(7-12)9-15-14(17)4-3-5-19-15/h3-7H,8-9,18H2,1-2H3. The number of aromatic nitrogens is 2. The molecule has 2 N–H and O–H groups in total. The highest BCUT2D eigenvalue weighted by Gasteiger charge is 2.18. The predicted octanol–water partition coefficient (Wildman–Crippen LogP) is 3.04. The minimum Gasteiger partial charge on any atom is -0.401 e. The first kappa shape index (κ1) is 14.7. The van der Waals surface area contributed by atoms with Crippen LogP contribution in [0.2, 0.25) is 5.02 Å². The lowest BCUT2D eigenvalue weighted by molar-refractivity contribution is 0.389. The Balaban J connectivity index is 1.92. The molecule has 114 valence electrons. The highest BCUT2D eigenvalue weighted by atomic mass is 35.5. The van der Waals surface area contributed by atoms with Crippen LogP contribution in [0.25, 0.3) is 5.57 Å². The lowest BCUT2D eigenvalue weighted by Crippen LogP contribution is -2.26. The highest BCUT2D eigenvalue weighted by molar-refractivity contribution is 6.31. The maximum Gasteiger partial charge on any atom is 0.141 e. The molecule has 0 saturated carbocycles. The summed E-state index contributed by atoms with van der Waals surface area (Å²) in [6.45, 7) is 5.06. The van der Waals surface area contributed by atoms with E-state index in [1.54, 1.807) is 6.20 Å². The second kappa shape index (κ2) is 5.85. The van der Waals surface area contributed by atoms with E-state index < -0.39 is 0 Å². The summed E-state index contributed by atoms with van der Waals surface area (Å²) in [6.07, 6.45) is 5.75. The zero-order valence-electron chi connectivity index (χ0n) is 12.5. The lowest BCUT2D eigenvalue weighted by atomic mass is 10.0. The van der Waals surface area contributed by atoms with Crippen molar-refractivity contribution in [2.75, 3.05) is 6.54 Å². The molecule has 2 aromatic heterocycles. The SMILES string of the molecule is Cc1noc(C)c1C1=CN(Cc2ncccc2Cl)CC(N)=C1. The van der Waals surface area contributed by atoms with E-state index in [2.05, 4.69) is 15.0 Å². The van der Waals surface area contributed by atoms with Gasteiger partial charge in [-0.1, -0.05) is 16.8 Å². The van der Waals surface area contributed by atoms with Crippen LogP contribution in [0, 0.1) is 13.8 Å². The number of aryl methyl sites for hydroxylation is 2. The fourth-order valence-electron chi connectivity index (χ4n) is 2.62. The van der Waals surface area contributed by atoms with E-state index in [1.165, 1.54) is 0 Å². The lowest BCUT2D eigenvalue weighted by Gasteiger charge is -2.25. The summed E-state index contributed by atoms with van der Waals surface area (Å²) in [5.41, 5.74) is 10.5. The molecule has 0 radical (unpaired) electrons. The summed E-state index contributed by atoms with van der Waals surface area (Å²) in [5, 5.41) is 4.66. The topological polar surface area (TPSA) is 68.2 Å². The number of allylic oxidation sites excluding steroid dienone is 2. The van der Waals surface area contributed by atoms with Gasteiger partial charge >= 0.3 is 0 Å². The average Bonchev–Trinajstić information content (AvgIpc) is 2.80. The first-order chi connectivity index (χ1) is 10.5. The van der Waals surface area contributed by atoms with Crippen molar-refractivity contribution in [2.24, 2.45) is 5.73 Å². The average molecular weight is 317 g/mol. The normalized spacial score (nSPS) is 14.8. The number of hydrogen-bond donors (Lipinski definition) is 1. The first-order valence-corrected chi connectivity index (χ1v) is 7.37. The van der Waals surface area contributed by atoms with Crippen LogP contribution < -0.4 is 5.73 Å². The van der Waals surface area contributed by atoms with E-state index in [0.29, 0.717) is 18.1 Å². The minimum absolute atomic E-state index is 0.598. The molecule has 0 bridgehead atoms.